The summed E-state index contributed by atoms with van der Waals surface area (Å²) in [5, 5.41) is 0. The van der Waals surface area contributed by atoms with Gasteiger partial charge in [-0.2, -0.15) is 0 Å². The van der Waals surface area contributed by atoms with Gasteiger partial charge in [0.2, 0.25) is 0 Å². The maximum absolute atomic E-state index is 5.60. The molecule has 2 rings (SSSR count). The van der Waals surface area contributed by atoms with Gasteiger partial charge in [0, 0.05) is 5.56 Å². The summed E-state index contributed by atoms with van der Waals surface area (Å²) >= 11 is 0. The molecule has 1 heteroatoms. The molecule has 1 aromatic carbocycles. The first-order chi connectivity index (χ1) is 6.66. The van der Waals surface area contributed by atoms with Crippen LogP contribution < -0.4 is 4.74 Å². The monoisotopic (exact) mass is 188 g/mol. The Morgan fingerprint density at radius 2 is 2.07 bits per heavy atom. The van der Waals surface area contributed by atoms with E-state index in [2.05, 4.69) is 45.0 Å². The van der Waals surface area contributed by atoms with Crippen LogP contribution in [0.1, 0.15) is 37.8 Å². The third kappa shape index (κ3) is 1.67. The minimum absolute atomic E-state index is 0.580. The third-order valence-corrected chi connectivity index (χ3v) is 2.56. The summed E-state index contributed by atoms with van der Waals surface area (Å²) in [4.78, 5) is 0. The van der Waals surface area contributed by atoms with Gasteiger partial charge in [-0.1, -0.05) is 19.9 Å². The van der Waals surface area contributed by atoms with Crippen LogP contribution in [0, 0.1) is 0 Å². The molecule has 14 heavy (non-hydrogen) atoms. The fourth-order valence-corrected chi connectivity index (χ4v) is 1.67. The quantitative estimate of drug-likeness (QED) is 0.654. The van der Waals surface area contributed by atoms with E-state index >= 15 is 0 Å². The lowest BCUT2D eigenvalue weighted by atomic mass is 9.98. The van der Waals surface area contributed by atoms with Crippen molar-refractivity contribution >= 4 is 6.08 Å². The van der Waals surface area contributed by atoms with Gasteiger partial charge < -0.3 is 4.74 Å². The molecule has 0 spiro atoms. The Kier molecular flexibility index (Phi) is 2.32. The molecule has 1 aliphatic rings. The molecule has 0 saturated heterocycles. The van der Waals surface area contributed by atoms with E-state index in [-0.39, 0.29) is 0 Å². The first-order valence-corrected chi connectivity index (χ1v) is 5.11. The molecule has 1 heterocycles. The lowest BCUT2D eigenvalue weighted by Gasteiger charge is -2.17. The van der Waals surface area contributed by atoms with E-state index in [4.69, 9.17) is 4.74 Å². The molecule has 1 aliphatic heterocycles. The summed E-state index contributed by atoms with van der Waals surface area (Å²) < 4.78 is 5.60. The normalized spacial score (nSPS) is 14.7. The first kappa shape index (κ1) is 9.32. The number of rotatable bonds is 1. The number of fused-ring (bicyclic) bond motifs is 1. The largest absolute Gasteiger partial charge is 0.489 e. The van der Waals surface area contributed by atoms with Crippen LogP contribution in [-0.2, 0) is 0 Å². The molecule has 0 bridgehead atoms. The zero-order valence-corrected chi connectivity index (χ0v) is 9.00. The van der Waals surface area contributed by atoms with Crippen molar-refractivity contribution in [1.29, 1.82) is 0 Å². The van der Waals surface area contributed by atoms with E-state index in [1.165, 1.54) is 16.7 Å². The predicted molar refractivity (Wildman–Crippen MR) is 59.7 cm³/mol. The second-order valence-corrected chi connectivity index (χ2v) is 4.23. The second kappa shape index (κ2) is 3.49. The summed E-state index contributed by atoms with van der Waals surface area (Å²) in [6, 6.07) is 6.45. The van der Waals surface area contributed by atoms with Crippen molar-refractivity contribution in [2.24, 2.45) is 0 Å². The number of hydrogen-bond donors (Lipinski definition) is 0. The van der Waals surface area contributed by atoms with Crippen molar-refractivity contribution in [3.05, 3.63) is 34.9 Å². The summed E-state index contributed by atoms with van der Waals surface area (Å²) in [6.45, 7) is 7.25. The highest BCUT2D eigenvalue weighted by Gasteiger charge is 2.10. The van der Waals surface area contributed by atoms with Crippen LogP contribution in [0.3, 0.4) is 0 Å². The predicted octanol–water partition coefficient (Wildman–Crippen LogP) is 3.61. The standard InChI is InChI=1S/C13H16O/c1-9(2)11-4-5-13-12(7-11)6-10(3)8-14-13/h4-7,9H,8H2,1-3H3. The van der Waals surface area contributed by atoms with Crippen LogP contribution in [0.4, 0.5) is 0 Å². The zero-order chi connectivity index (χ0) is 10.1. The molecule has 74 valence electrons. The summed E-state index contributed by atoms with van der Waals surface area (Å²) in [5.74, 6) is 1.59. The van der Waals surface area contributed by atoms with Crippen LogP contribution in [0.15, 0.2) is 23.8 Å². The van der Waals surface area contributed by atoms with Crippen molar-refractivity contribution in [2.75, 3.05) is 6.61 Å². The molecular weight excluding hydrogens is 172 g/mol. The number of ether oxygens (including phenoxy) is 1. The molecule has 0 aliphatic carbocycles. The average molecular weight is 188 g/mol. The molecule has 1 nitrogen and oxygen atoms in total. The van der Waals surface area contributed by atoms with E-state index in [0.29, 0.717) is 5.92 Å². The van der Waals surface area contributed by atoms with Crippen molar-refractivity contribution in [1.82, 2.24) is 0 Å². The van der Waals surface area contributed by atoms with Crippen LogP contribution in [0.5, 0.6) is 5.75 Å². The van der Waals surface area contributed by atoms with E-state index in [9.17, 15) is 0 Å². The summed E-state index contributed by atoms with van der Waals surface area (Å²) in [7, 11) is 0. The Morgan fingerprint density at radius 1 is 1.29 bits per heavy atom. The van der Waals surface area contributed by atoms with Crippen LogP contribution in [0.2, 0.25) is 0 Å². The summed E-state index contributed by atoms with van der Waals surface area (Å²) in [6.07, 6.45) is 2.21. The Bertz CT molecular complexity index is 375. The van der Waals surface area contributed by atoms with Crippen molar-refractivity contribution in [3.8, 4) is 5.75 Å². The Labute approximate surface area is 85.4 Å². The fourth-order valence-electron chi connectivity index (χ4n) is 1.67. The molecule has 0 N–H and O–H groups in total. The second-order valence-electron chi connectivity index (χ2n) is 4.23. The van der Waals surface area contributed by atoms with E-state index in [1.54, 1.807) is 0 Å². The lowest BCUT2D eigenvalue weighted by molar-refractivity contribution is 0.347. The van der Waals surface area contributed by atoms with E-state index in [1.807, 2.05) is 0 Å². The van der Waals surface area contributed by atoms with Gasteiger partial charge in [0.25, 0.3) is 0 Å². The maximum Gasteiger partial charge on any atom is 0.127 e. The van der Waals surface area contributed by atoms with Crippen molar-refractivity contribution in [2.45, 2.75) is 26.7 Å². The van der Waals surface area contributed by atoms with Crippen molar-refractivity contribution in [3.63, 3.8) is 0 Å². The highest BCUT2D eigenvalue weighted by atomic mass is 16.5. The van der Waals surface area contributed by atoms with Gasteiger partial charge in [0.05, 0.1) is 0 Å². The number of hydrogen-bond acceptors (Lipinski definition) is 1. The molecule has 0 saturated carbocycles. The molecule has 0 radical (unpaired) electrons. The highest BCUT2D eigenvalue weighted by molar-refractivity contribution is 5.62. The van der Waals surface area contributed by atoms with E-state index in [0.717, 1.165) is 12.4 Å². The Balaban J connectivity index is 2.44. The smallest absolute Gasteiger partial charge is 0.127 e. The molecular formula is C13H16O. The molecule has 1 aromatic rings. The van der Waals surface area contributed by atoms with Gasteiger partial charge >= 0.3 is 0 Å². The minimum atomic E-state index is 0.580. The van der Waals surface area contributed by atoms with Crippen LogP contribution in [0.25, 0.3) is 6.08 Å². The third-order valence-electron chi connectivity index (χ3n) is 2.56. The van der Waals surface area contributed by atoms with Crippen molar-refractivity contribution < 1.29 is 4.74 Å². The molecule has 0 atom stereocenters. The van der Waals surface area contributed by atoms with Gasteiger partial charge in [-0.05, 0) is 42.2 Å². The zero-order valence-electron chi connectivity index (χ0n) is 9.00. The average Bonchev–Trinajstić information content (AvgIpc) is 2.16. The van der Waals surface area contributed by atoms with Gasteiger partial charge in [-0.3, -0.25) is 0 Å². The van der Waals surface area contributed by atoms with Gasteiger partial charge in [-0.25, -0.2) is 0 Å². The Hall–Kier alpha value is -1.24. The molecule has 0 unspecified atom stereocenters. The minimum Gasteiger partial charge on any atom is -0.489 e. The number of benzene rings is 1. The lowest BCUT2D eigenvalue weighted by Crippen LogP contribution is -2.05. The van der Waals surface area contributed by atoms with E-state index < -0.39 is 0 Å². The van der Waals surface area contributed by atoms with Crippen LogP contribution in [-0.4, -0.2) is 6.61 Å². The molecule has 0 aromatic heterocycles. The first-order valence-electron chi connectivity index (χ1n) is 5.11. The van der Waals surface area contributed by atoms with Gasteiger partial charge in [0.1, 0.15) is 12.4 Å². The Morgan fingerprint density at radius 3 is 2.79 bits per heavy atom. The SMILES string of the molecule is CC1=Cc2cc(C(C)C)ccc2OC1. The van der Waals surface area contributed by atoms with Gasteiger partial charge in [-0.15, -0.1) is 0 Å². The maximum atomic E-state index is 5.60. The van der Waals surface area contributed by atoms with Gasteiger partial charge in [0.15, 0.2) is 0 Å². The summed E-state index contributed by atoms with van der Waals surface area (Å²) in [5.41, 5.74) is 3.89. The highest BCUT2D eigenvalue weighted by Crippen LogP contribution is 2.29. The molecule has 0 amide bonds. The molecule has 0 fully saturated rings. The van der Waals surface area contributed by atoms with Crippen LogP contribution >= 0.6 is 0 Å². The fraction of sp³-hybridized carbons (Fsp3) is 0.385. The topological polar surface area (TPSA) is 9.23 Å².